The molecule has 2 amide bonds. The quantitative estimate of drug-likeness (QED) is 0.522. The highest BCUT2D eigenvalue weighted by atomic mass is 32.1. The number of urea groups is 1. The van der Waals surface area contributed by atoms with E-state index in [1.165, 1.54) is 63.7 Å². The monoisotopic (exact) mass is 437 g/mol. The maximum absolute atomic E-state index is 13.7. The van der Waals surface area contributed by atoms with Crippen LogP contribution in [-0.4, -0.2) is 21.5 Å². The summed E-state index contributed by atoms with van der Waals surface area (Å²) in [6.07, 6.45) is 11.7. The molecule has 6 rings (SSSR count). The molecule has 2 aliphatic carbocycles. The van der Waals surface area contributed by atoms with Gasteiger partial charge in [0.15, 0.2) is 0 Å². The Balaban J connectivity index is 1.48. The predicted molar refractivity (Wildman–Crippen MR) is 123 cm³/mol. The molecule has 1 unspecified atom stereocenters. The first kappa shape index (κ1) is 18.7. The summed E-state index contributed by atoms with van der Waals surface area (Å²) in [6.45, 7) is 0.698. The summed E-state index contributed by atoms with van der Waals surface area (Å²) >= 11 is 3.70. The van der Waals surface area contributed by atoms with E-state index in [0.717, 1.165) is 19.3 Å². The van der Waals surface area contributed by atoms with Gasteiger partial charge in [0.2, 0.25) is 0 Å². The lowest BCUT2D eigenvalue weighted by Gasteiger charge is -2.31. The van der Waals surface area contributed by atoms with Gasteiger partial charge >= 0.3 is 6.03 Å². The van der Waals surface area contributed by atoms with Gasteiger partial charge in [-0.3, -0.25) is 0 Å². The lowest BCUT2D eigenvalue weighted by atomic mass is 9.95. The number of aromatic nitrogens is 1. The van der Waals surface area contributed by atoms with Crippen molar-refractivity contribution in [2.75, 3.05) is 0 Å². The first-order chi connectivity index (χ1) is 14.8. The Morgan fingerprint density at radius 1 is 1.03 bits per heavy atom. The second kappa shape index (κ2) is 7.57. The number of carbonyl (C=O) groups excluding carboxylic acids is 1. The van der Waals surface area contributed by atoms with Crippen molar-refractivity contribution in [1.82, 2.24) is 14.8 Å². The molecule has 1 saturated carbocycles. The number of aryl methyl sites for hydroxylation is 1. The molecule has 0 saturated heterocycles. The lowest BCUT2D eigenvalue weighted by Crippen LogP contribution is -2.45. The Labute approximate surface area is 185 Å². The third kappa shape index (κ3) is 3.04. The smallest absolute Gasteiger partial charge is 0.318 e. The molecule has 0 aromatic carbocycles. The van der Waals surface area contributed by atoms with Crippen molar-refractivity contribution < 1.29 is 4.79 Å². The summed E-state index contributed by atoms with van der Waals surface area (Å²) < 4.78 is 2.37. The summed E-state index contributed by atoms with van der Waals surface area (Å²) in [5.74, 6) is 0. The number of hydrogen-bond donors (Lipinski definition) is 1. The van der Waals surface area contributed by atoms with Crippen LogP contribution in [0.25, 0.3) is 5.00 Å². The van der Waals surface area contributed by atoms with Crippen LogP contribution in [0.4, 0.5) is 4.79 Å². The molecule has 3 aromatic heterocycles. The van der Waals surface area contributed by atoms with Crippen LogP contribution < -0.4 is 5.32 Å². The number of carbonyl (C=O) groups is 1. The van der Waals surface area contributed by atoms with Crippen LogP contribution in [0.1, 0.15) is 71.1 Å². The van der Waals surface area contributed by atoms with Gasteiger partial charge in [0.25, 0.3) is 0 Å². The van der Waals surface area contributed by atoms with E-state index in [1.54, 1.807) is 11.3 Å². The van der Waals surface area contributed by atoms with E-state index in [2.05, 4.69) is 50.6 Å². The van der Waals surface area contributed by atoms with Crippen LogP contribution in [0.3, 0.4) is 0 Å². The van der Waals surface area contributed by atoms with Crippen molar-refractivity contribution in [3.63, 3.8) is 0 Å². The second-order valence-electron chi connectivity index (χ2n) is 8.77. The standard InChI is InChI=1S/C24H27N3OS2/c28-24(25-16-7-1-2-8-16)27-15-18-17-9-3-4-11-20(17)30-23(18)26-13-5-10-19(26)22(27)21-12-6-14-29-21/h5-6,10,12-14,16,22H,1-4,7-9,11,15H2,(H,25,28). The molecule has 6 heteroatoms. The molecule has 0 spiro atoms. The van der Waals surface area contributed by atoms with Crippen LogP contribution in [0.5, 0.6) is 0 Å². The Kier molecular flexibility index (Phi) is 4.72. The van der Waals surface area contributed by atoms with Crippen LogP contribution in [0.2, 0.25) is 0 Å². The molecule has 0 radical (unpaired) electrons. The third-order valence-electron chi connectivity index (χ3n) is 6.94. The summed E-state index contributed by atoms with van der Waals surface area (Å²) in [5, 5.41) is 6.84. The van der Waals surface area contributed by atoms with E-state index in [0.29, 0.717) is 12.6 Å². The number of rotatable bonds is 2. The zero-order chi connectivity index (χ0) is 20.1. The van der Waals surface area contributed by atoms with Crippen molar-refractivity contribution >= 4 is 28.7 Å². The summed E-state index contributed by atoms with van der Waals surface area (Å²) in [6, 6.07) is 9.00. The largest absolute Gasteiger partial charge is 0.335 e. The molecule has 30 heavy (non-hydrogen) atoms. The van der Waals surface area contributed by atoms with E-state index >= 15 is 0 Å². The van der Waals surface area contributed by atoms with E-state index in [9.17, 15) is 4.79 Å². The van der Waals surface area contributed by atoms with Crippen LogP contribution in [-0.2, 0) is 19.4 Å². The van der Waals surface area contributed by atoms with Gasteiger partial charge in [-0.05, 0) is 67.7 Å². The van der Waals surface area contributed by atoms with E-state index in [-0.39, 0.29) is 12.1 Å². The zero-order valence-corrected chi connectivity index (χ0v) is 18.7. The van der Waals surface area contributed by atoms with Gasteiger partial charge in [-0.25, -0.2) is 4.79 Å². The van der Waals surface area contributed by atoms with Crippen LogP contribution >= 0.6 is 22.7 Å². The highest BCUT2D eigenvalue weighted by molar-refractivity contribution is 7.15. The molecular weight excluding hydrogens is 410 g/mol. The highest BCUT2D eigenvalue weighted by Crippen LogP contribution is 2.44. The number of amides is 2. The maximum atomic E-state index is 13.7. The average molecular weight is 438 g/mol. The van der Waals surface area contributed by atoms with Gasteiger partial charge < -0.3 is 14.8 Å². The number of nitrogens with zero attached hydrogens (tertiary/aromatic N) is 2. The molecule has 4 nitrogen and oxygen atoms in total. The molecule has 3 aromatic rings. The van der Waals surface area contributed by atoms with Gasteiger partial charge in [0.1, 0.15) is 11.0 Å². The topological polar surface area (TPSA) is 37.3 Å². The molecule has 4 heterocycles. The summed E-state index contributed by atoms with van der Waals surface area (Å²) in [5.41, 5.74) is 4.11. The zero-order valence-electron chi connectivity index (χ0n) is 17.1. The Hall–Kier alpha value is -2.05. The predicted octanol–water partition coefficient (Wildman–Crippen LogP) is 6.04. The Bertz CT molecular complexity index is 1060. The number of fused-ring (bicyclic) bond motifs is 5. The van der Waals surface area contributed by atoms with E-state index in [4.69, 9.17) is 0 Å². The van der Waals surface area contributed by atoms with Gasteiger partial charge in [0, 0.05) is 27.6 Å². The number of nitrogens with one attached hydrogen (secondary N) is 1. The molecule has 0 bridgehead atoms. The van der Waals surface area contributed by atoms with Gasteiger partial charge in [-0.1, -0.05) is 18.9 Å². The molecule has 156 valence electrons. The van der Waals surface area contributed by atoms with Gasteiger partial charge in [-0.15, -0.1) is 22.7 Å². The number of thiophene rings is 2. The highest BCUT2D eigenvalue weighted by Gasteiger charge is 2.37. The lowest BCUT2D eigenvalue weighted by molar-refractivity contribution is 0.177. The maximum Gasteiger partial charge on any atom is 0.318 e. The van der Waals surface area contributed by atoms with E-state index in [1.807, 2.05) is 11.3 Å². The molecule has 3 aliphatic rings. The molecule has 1 N–H and O–H groups in total. The summed E-state index contributed by atoms with van der Waals surface area (Å²) in [7, 11) is 0. The van der Waals surface area contributed by atoms with Crippen LogP contribution in [0, 0.1) is 0 Å². The molecule has 1 aliphatic heterocycles. The minimum Gasteiger partial charge on any atom is -0.335 e. The first-order valence-electron chi connectivity index (χ1n) is 11.2. The second-order valence-corrected chi connectivity index (χ2v) is 10.8. The molecule has 1 atom stereocenters. The molecule has 1 fully saturated rings. The Morgan fingerprint density at radius 2 is 1.90 bits per heavy atom. The third-order valence-corrected chi connectivity index (χ3v) is 9.19. The molecular formula is C24H27N3OS2. The SMILES string of the molecule is O=C(NC1CCCC1)N1Cc2c(sc3c2CCCC3)-n2cccc2C1c1cccs1. The fraction of sp³-hybridized carbons (Fsp3) is 0.458. The van der Waals surface area contributed by atoms with Crippen molar-refractivity contribution in [3.05, 3.63) is 62.4 Å². The minimum atomic E-state index is -0.0414. The normalized spacial score (nSPS) is 21.1. The average Bonchev–Trinajstić information content (AvgIpc) is 3.55. The van der Waals surface area contributed by atoms with Crippen molar-refractivity contribution in [3.8, 4) is 5.00 Å². The van der Waals surface area contributed by atoms with Gasteiger partial charge in [-0.2, -0.15) is 0 Å². The fourth-order valence-electron chi connectivity index (χ4n) is 5.46. The van der Waals surface area contributed by atoms with Crippen molar-refractivity contribution in [1.29, 1.82) is 0 Å². The van der Waals surface area contributed by atoms with Crippen LogP contribution in [0.15, 0.2) is 35.8 Å². The van der Waals surface area contributed by atoms with Crippen molar-refractivity contribution in [2.24, 2.45) is 0 Å². The van der Waals surface area contributed by atoms with E-state index < -0.39 is 0 Å². The van der Waals surface area contributed by atoms with Crippen molar-refractivity contribution in [2.45, 2.75) is 70.0 Å². The summed E-state index contributed by atoms with van der Waals surface area (Å²) in [4.78, 5) is 18.5. The minimum absolute atomic E-state index is 0.0414. The fourth-order valence-corrected chi connectivity index (χ4v) is 7.71. The Morgan fingerprint density at radius 3 is 2.73 bits per heavy atom. The first-order valence-corrected chi connectivity index (χ1v) is 12.9. The number of hydrogen-bond acceptors (Lipinski definition) is 3. The van der Waals surface area contributed by atoms with Gasteiger partial charge in [0.05, 0.1) is 12.2 Å².